The normalized spacial score (nSPS) is 18.0. The Labute approximate surface area is 138 Å². The quantitative estimate of drug-likeness (QED) is 0.935. The topological polar surface area (TPSA) is 58.6 Å². The maximum Gasteiger partial charge on any atom is 0.261 e. The number of hydrogen-bond donors (Lipinski definition) is 1. The van der Waals surface area contributed by atoms with E-state index in [9.17, 15) is 9.59 Å². The van der Waals surface area contributed by atoms with E-state index < -0.39 is 0 Å². The molecule has 1 atom stereocenters. The first kappa shape index (κ1) is 15.7. The third-order valence-electron chi connectivity index (χ3n) is 3.71. The number of nitrogens with one attached hydrogen (secondary N) is 1. The Bertz CT molecular complexity index is 682. The van der Waals surface area contributed by atoms with Crippen LogP contribution in [0.1, 0.15) is 15.2 Å². The molecule has 1 aliphatic rings. The van der Waals surface area contributed by atoms with Crippen LogP contribution in [-0.4, -0.2) is 37.6 Å². The molecule has 0 saturated carbocycles. The fraction of sp³-hybridized carbons (Fsp3) is 0.294. The number of carbonyl (C=O) groups excluding carboxylic acids is 2. The highest BCUT2D eigenvalue weighted by molar-refractivity contribution is 7.12. The van der Waals surface area contributed by atoms with Crippen molar-refractivity contribution in [3.05, 3.63) is 52.2 Å². The van der Waals surface area contributed by atoms with Gasteiger partial charge in [0.05, 0.1) is 17.5 Å². The maximum atomic E-state index is 12.1. The molecule has 120 valence electrons. The molecule has 1 unspecified atom stereocenters. The van der Waals surface area contributed by atoms with Crippen LogP contribution in [0.4, 0.5) is 5.69 Å². The van der Waals surface area contributed by atoms with E-state index in [1.807, 2.05) is 42.6 Å². The standard InChI is InChI=1S/C17H18N2O3S/c1-12-4-6-13(7-5-12)19-10-14(22-11-16(19)20)9-18-17(21)15-3-2-8-23-15/h2-8,14H,9-11H2,1H3,(H,18,21). The number of nitrogens with zero attached hydrogens (tertiary/aromatic N) is 1. The van der Waals surface area contributed by atoms with E-state index in [2.05, 4.69) is 5.32 Å². The van der Waals surface area contributed by atoms with Gasteiger partial charge in [0.1, 0.15) is 6.61 Å². The Hall–Kier alpha value is -2.18. The minimum absolute atomic E-state index is 0.0351. The molecule has 1 N–H and O–H groups in total. The molecule has 2 aromatic rings. The average molecular weight is 330 g/mol. The Kier molecular flexibility index (Phi) is 4.73. The number of anilines is 1. The van der Waals surface area contributed by atoms with Crippen molar-refractivity contribution in [2.45, 2.75) is 13.0 Å². The molecule has 23 heavy (non-hydrogen) atoms. The van der Waals surface area contributed by atoms with Crippen molar-refractivity contribution in [2.24, 2.45) is 0 Å². The van der Waals surface area contributed by atoms with Gasteiger partial charge in [-0.25, -0.2) is 0 Å². The van der Waals surface area contributed by atoms with Gasteiger partial charge in [-0.1, -0.05) is 23.8 Å². The summed E-state index contributed by atoms with van der Waals surface area (Å²) >= 11 is 1.40. The molecule has 3 rings (SSSR count). The zero-order valence-corrected chi connectivity index (χ0v) is 13.6. The number of thiophene rings is 1. The molecule has 5 nitrogen and oxygen atoms in total. The van der Waals surface area contributed by atoms with E-state index in [0.717, 1.165) is 11.3 Å². The summed E-state index contributed by atoms with van der Waals surface area (Å²) in [6.07, 6.45) is -0.210. The second kappa shape index (κ2) is 6.93. The SMILES string of the molecule is Cc1ccc(N2CC(CNC(=O)c3cccs3)OCC2=O)cc1. The summed E-state index contributed by atoms with van der Waals surface area (Å²) in [5.74, 6) is -0.169. The number of rotatable bonds is 4. The van der Waals surface area contributed by atoms with Gasteiger partial charge in [-0.15, -0.1) is 11.3 Å². The summed E-state index contributed by atoms with van der Waals surface area (Å²) < 4.78 is 5.53. The van der Waals surface area contributed by atoms with Crippen LogP contribution in [0.15, 0.2) is 41.8 Å². The van der Waals surface area contributed by atoms with Gasteiger partial charge in [0, 0.05) is 12.2 Å². The number of amides is 2. The third-order valence-corrected chi connectivity index (χ3v) is 4.58. The van der Waals surface area contributed by atoms with Crippen molar-refractivity contribution in [3.63, 3.8) is 0 Å². The monoisotopic (exact) mass is 330 g/mol. The number of aryl methyl sites for hydroxylation is 1. The predicted molar refractivity (Wildman–Crippen MR) is 89.9 cm³/mol. The van der Waals surface area contributed by atoms with Gasteiger partial charge >= 0.3 is 0 Å². The first-order chi connectivity index (χ1) is 11.1. The molecular formula is C17H18N2O3S. The highest BCUT2D eigenvalue weighted by atomic mass is 32.1. The van der Waals surface area contributed by atoms with Gasteiger partial charge in [0.15, 0.2) is 0 Å². The van der Waals surface area contributed by atoms with Crippen molar-refractivity contribution in [1.29, 1.82) is 0 Å². The van der Waals surface area contributed by atoms with E-state index in [1.54, 1.807) is 11.0 Å². The molecule has 2 amide bonds. The Morgan fingerprint density at radius 3 is 2.83 bits per heavy atom. The molecule has 0 radical (unpaired) electrons. The Morgan fingerprint density at radius 1 is 1.35 bits per heavy atom. The molecular weight excluding hydrogens is 312 g/mol. The summed E-state index contributed by atoms with van der Waals surface area (Å²) in [5, 5.41) is 4.72. The molecule has 0 bridgehead atoms. The second-order valence-corrected chi connectivity index (χ2v) is 6.41. The van der Waals surface area contributed by atoms with E-state index >= 15 is 0 Å². The number of ether oxygens (including phenoxy) is 1. The van der Waals surface area contributed by atoms with Gasteiger partial charge < -0.3 is 15.0 Å². The third kappa shape index (κ3) is 3.78. The summed E-state index contributed by atoms with van der Waals surface area (Å²) in [6, 6.07) is 11.4. The maximum absolute atomic E-state index is 12.1. The van der Waals surface area contributed by atoms with Gasteiger partial charge in [-0.2, -0.15) is 0 Å². The van der Waals surface area contributed by atoms with Crippen LogP contribution in [0.2, 0.25) is 0 Å². The van der Waals surface area contributed by atoms with Crippen LogP contribution in [-0.2, 0) is 9.53 Å². The van der Waals surface area contributed by atoms with Gasteiger partial charge in [-0.3, -0.25) is 9.59 Å². The number of carbonyl (C=O) groups is 2. The molecule has 1 aromatic heterocycles. The minimum atomic E-state index is -0.210. The van der Waals surface area contributed by atoms with Gasteiger partial charge in [-0.05, 0) is 30.5 Å². The zero-order chi connectivity index (χ0) is 16.2. The zero-order valence-electron chi connectivity index (χ0n) is 12.8. The van der Waals surface area contributed by atoms with Crippen LogP contribution in [0.3, 0.4) is 0 Å². The fourth-order valence-electron chi connectivity index (χ4n) is 2.42. The number of hydrogen-bond acceptors (Lipinski definition) is 4. The largest absolute Gasteiger partial charge is 0.365 e. The predicted octanol–water partition coefficient (Wildman–Crippen LogP) is 2.22. The van der Waals surface area contributed by atoms with Crippen molar-refractivity contribution < 1.29 is 14.3 Å². The van der Waals surface area contributed by atoms with E-state index in [0.29, 0.717) is 18.0 Å². The highest BCUT2D eigenvalue weighted by Gasteiger charge is 2.27. The summed E-state index contributed by atoms with van der Waals surface area (Å²) in [5.41, 5.74) is 2.01. The molecule has 1 saturated heterocycles. The first-order valence-corrected chi connectivity index (χ1v) is 8.32. The molecule has 0 spiro atoms. The average Bonchev–Trinajstić information content (AvgIpc) is 3.09. The molecule has 2 heterocycles. The lowest BCUT2D eigenvalue weighted by molar-refractivity contribution is -0.129. The lowest BCUT2D eigenvalue weighted by atomic mass is 10.2. The minimum Gasteiger partial charge on any atom is -0.365 e. The van der Waals surface area contributed by atoms with Crippen LogP contribution < -0.4 is 10.2 Å². The smallest absolute Gasteiger partial charge is 0.261 e. The van der Waals surface area contributed by atoms with Gasteiger partial charge in [0.25, 0.3) is 11.8 Å². The van der Waals surface area contributed by atoms with E-state index in [1.165, 1.54) is 11.3 Å². The number of benzene rings is 1. The Morgan fingerprint density at radius 2 is 2.13 bits per heavy atom. The van der Waals surface area contributed by atoms with Crippen LogP contribution >= 0.6 is 11.3 Å². The Balaban J connectivity index is 1.60. The molecule has 6 heteroatoms. The molecule has 0 aliphatic carbocycles. The van der Waals surface area contributed by atoms with E-state index in [-0.39, 0.29) is 24.5 Å². The lowest BCUT2D eigenvalue weighted by Crippen LogP contribution is -2.50. The van der Waals surface area contributed by atoms with E-state index in [4.69, 9.17) is 4.74 Å². The van der Waals surface area contributed by atoms with Crippen LogP contribution in [0, 0.1) is 6.92 Å². The fourth-order valence-corrected chi connectivity index (χ4v) is 3.06. The van der Waals surface area contributed by atoms with Crippen molar-refractivity contribution in [1.82, 2.24) is 5.32 Å². The van der Waals surface area contributed by atoms with Crippen LogP contribution in [0.25, 0.3) is 0 Å². The first-order valence-electron chi connectivity index (χ1n) is 7.44. The lowest BCUT2D eigenvalue weighted by Gasteiger charge is -2.32. The summed E-state index contributed by atoms with van der Waals surface area (Å²) in [6.45, 7) is 2.86. The van der Waals surface area contributed by atoms with Crippen LogP contribution in [0.5, 0.6) is 0 Å². The second-order valence-electron chi connectivity index (χ2n) is 5.46. The number of morpholine rings is 1. The van der Waals surface area contributed by atoms with Crippen molar-refractivity contribution in [3.8, 4) is 0 Å². The summed E-state index contributed by atoms with van der Waals surface area (Å²) in [4.78, 5) is 26.4. The molecule has 1 aliphatic heterocycles. The van der Waals surface area contributed by atoms with Crippen molar-refractivity contribution in [2.75, 3.05) is 24.6 Å². The molecule has 1 fully saturated rings. The highest BCUT2D eigenvalue weighted by Crippen LogP contribution is 2.19. The van der Waals surface area contributed by atoms with Gasteiger partial charge in [0.2, 0.25) is 0 Å². The molecule has 1 aromatic carbocycles. The van der Waals surface area contributed by atoms with Crippen molar-refractivity contribution >= 4 is 28.8 Å². The summed E-state index contributed by atoms with van der Waals surface area (Å²) in [7, 11) is 0.